The highest BCUT2D eigenvalue weighted by Crippen LogP contribution is 2.30. The van der Waals surface area contributed by atoms with Crippen LogP contribution in [0.2, 0.25) is 0 Å². The molecule has 0 N–H and O–H groups in total. The van der Waals surface area contributed by atoms with Crippen molar-refractivity contribution in [3.8, 4) is 10.4 Å². The van der Waals surface area contributed by atoms with E-state index >= 15 is 0 Å². The molecule has 2 amide bonds. The van der Waals surface area contributed by atoms with Gasteiger partial charge in [0.15, 0.2) is 0 Å². The predicted octanol–water partition coefficient (Wildman–Crippen LogP) is 4.48. The van der Waals surface area contributed by atoms with E-state index in [0.29, 0.717) is 6.54 Å². The van der Waals surface area contributed by atoms with Crippen LogP contribution in [0.4, 0.5) is 4.39 Å². The van der Waals surface area contributed by atoms with Crippen molar-refractivity contribution in [1.29, 1.82) is 0 Å². The molecule has 5 nitrogen and oxygen atoms in total. The van der Waals surface area contributed by atoms with Crippen LogP contribution in [0.1, 0.15) is 38.5 Å². The second-order valence-electron chi connectivity index (χ2n) is 10.2. The lowest BCUT2D eigenvalue weighted by atomic mass is 9.90. The van der Waals surface area contributed by atoms with Crippen LogP contribution in [0, 0.1) is 17.2 Å². The molecular weight excluding hydrogens is 437 g/mol. The highest BCUT2D eigenvalue weighted by Gasteiger charge is 2.35. The molecule has 33 heavy (non-hydrogen) atoms. The molecule has 1 aromatic heterocycles. The Morgan fingerprint density at radius 2 is 1.79 bits per heavy atom. The maximum atomic E-state index is 13.5. The zero-order chi connectivity index (χ0) is 23.6. The zero-order valence-electron chi connectivity index (χ0n) is 19.8. The third kappa shape index (κ3) is 5.82. The van der Waals surface area contributed by atoms with Gasteiger partial charge in [-0.15, -0.1) is 11.3 Å². The molecule has 178 valence electrons. The quantitative estimate of drug-likeness (QED) is 0.660. The van der Waals surface area contributed by atoms with E-state index in [0.717, 1.165) is 62.6 Å². The molecule has 2 aliphatic rings. The average Bonchev–Trinajstić information content (AvgIpc) is 3.26. The zero-order valence-corrected chi connectivity index (χ0v) is 20.7. The van der Waals surface area contributed by atoms with E-state index in [-0.39, 0.29) is 23.5 Å². The number of halogens is 1. The van der Waals surface area contributed by atoms with Gasteiger partial charge >= 0.3 is 0 Å². The number of piperazine rings is 1. The van der Waals surface area contributed by atoms with Crippen molar-refractivity contribution in [2.45, 2.75) is 40.2 Å². The lowest BCUT2D eigenvalue weighted by molar-refractivity contribution is -0.146. The Hall–Kier alpha value is -2.25. The summed E-state index contributed by atoms with van der Waals surface area (Å²) in [5, 5.41) is 0. The SMILES string of the molecule is CC(C)(C)C(=O)N1CCCC(C(=O)N2CCN(Cc3ccc(-c4cccc(F)c4)s3)CC2)C1. The third-order valence-corrected chi connectivity index (χ3v) is 7.65. The molecule has 0 bridgehead atoms. The van der Waals surface area contributed by atoms with Crippen LogP contribution in [-0.4, -0.2) is 65.8 Å². The molecule has 1 unspecified atom stereocenters. The summed E-state index contributed by atoms with van der Waals surface area (Å²) >= 11 is 1.70. The Morgan fingerprint density at radius 3 is 2.48 bits per heavy atom. The number of benzene rings is 1. The van der Waals surface area contributed by atoms with Gasteiger partial charge < -0.3 is 9.80 Å². The van der Waals surface area contributed by atoms with E-state index in [1.165, 1.54) is 10.9 Å². The van der Waals surface area contributed by atoms with Gasteiger partial charge in [0.1, 0.15) is 5.82 Å². The second kappa shape index (κ2) is 9.94. The molecule has 2 aromatic rings. The first kappa shape index (κ1) is 23.9. The summed E-state index contributed by atoms with van der Waals surface area (Å²) in [7, 11) is 0. The van der Waals surface area contributed by atoms with Crippen molar-refractivity contribution in [3.05, 3.63) is 47.1 Å². The maximum Gasteiger partial charge on any atom is 0.227 e. The molecule has 0 radical (unpaired) electrons. The van der Waals surface area contributed by atoms with E-state index in [4.69, 9.17) is 0 Å². The standard InChI is InChI=1S/C26H34FN3O2S/c1-26(2,3)25(32)30-11-5-7-20(17-30)24(31)29-14-12-28(13-15-29)18-22-9-10-23(33-22)19-6-4-8-21(27)16-19/h4,6,8-10,16,20H,5,7,11-15,17-18H2,1-3H3. The Labute approximate surface area is 200 Å². The summed E-state index contributed by atoms with van der Waals surface area (Å²) in [5.74, 6) is 0.0405. The minimum Gasteiger partial charge on any atom is -0.341 e. The maximum absolute atomic E-state index is 13.5. The molecular formula is C26H34FN3O2S. The van der Waals surface area contributed by atoms with E-state index in [1.54, 1.807) is 23.5 Å². The van der Waals surface area contributed by atoms with Gasteiger partial charge in [-0.05, 0) is 42.7 Å². The lowest BCUT2D eigenvalue weighted by Gasteiger charge is -2.40. The normalized spacial score (nSPS) is 20.2. The van der Waals surface area contributed by atoms with Crippen molar-refractivity contribution >= 4 is 23.2 Å². The molecule has 2 aliphatic heterocycles. The molecule has 1 aromatic carbocycles. The summed E-state index contributed by atoms with van der Waals surface area (Å²) < 4.78 is 13.5. The molecule has 1 atom stereocenters. The summed E-state index contributed by atoms with van der Waals surface area (Å²) in [4.78, 5) is 34.4. The number of piperidine rings is 1. The van der Waals surface area contributed by atoms with E-state index in [9.17, 15) is 14.0 Å². The molecule has 2 saturated heterocycles. The van der Waals surface area contributed by atoms with Gasteiger partial charge in [-0.1, -0.05) is 32.9 Å². The molecule has 7 heteroatoms. The molecule has 0 spiro atoms. The van der Waals surface area contributed by atoms with Crippen LogP contribution in [-0.2, 0) is 16.1 Å². The number of carbonyl (C=O) groups is 2. The largest absolute Gasteiger partial charge is 0.341 e. The minimum absolute atomic E-state index is 0.0808. The highest BCUT2D eigenvalue weighted by molar-refractivity contribution is 7.15. The average molecular weight is 472 g/mol. The lowest BCUT2D eigenvalue weighted by Crippen LogP contribution is -2.53. The van der Waals surface area contributed by atoms with Gasteiger partial charge in [-0.2, -0.15) is 0 Å². The van der Waals surface area contributed by atoms with Crippen molar-refractivity contribution in [1.82, 2.24) is 14.7 Å². The van der Waals surface area contributed by atoms with Crippen LogP contribution in [0.5, 0.6) is 0 Å². The fraction of sp³-hybridized carbons (Fsp3) is 0.538. The second-order valence-corrected chi connectivity index (χ2v) is 11.4. The van der Waals surface area contributed by atoms with E-state index in [2.05, 4.69) is 17.0 Å². The Kier molecular flexibility index (Phi) is 7.19. The summed E-state index contributed by atoms with van der Waals surface area (Å²) in [6, 6.07) is 10.9. The van der Waals surface area contributed by atoms with Crippen LogP contribution in [0.3, 0.4) is 0 Å². The van der Waals surface area contributed by atoms with Crippen molar-refractivity contribution in [2.75, 3.05) is 39.3 Å². The summed E-state index contributed by atoms with van der Waals surface area (Å²) in [6.07, 6.45) is 1.76. The smallest absolute Gasteiger partial charge is 0.227 e. The number of hydrogen-bond acceptors (Lipinski definition) is 4. The first-order valence-electron chi connectivity index (χ1n) is 11.9. The molecule has 2 fully saturated rings. The topological polar surface area (TPSA) is 43.9 Å². The Morgan fingerprint density at radius 1 is 1.03 bits per heavy atom. The van der Waals surface area contributed by atoms with E-state index in [1.807, 2.05) is 36.6 Å². The van der Waals surface area contributed by atoms with Gasteiger partial charge in [-0.3, -0.25) is 14.5 Å². The number of carbonyl (C=O) groups excluding carboxylic acids is 2. The van der Waals surface area contributed by atoms with Crippen molar-refractivity contribution in [3.63, 3.8) is 0 Å². The van der Waals surface area contributed by atoms with Gasteiger partial charge in [0.2, 0.25) is 11.8 Å². The van der Waals surface area contributed by atoms with Crippen molar-refractivity contribution in [2.24, 2.45) is 11.3 Å². The van der Waals surface area contributed by atoms with Crippen LogP contribution < -0.4 is 0 Å². The first-order valence-corrected chi connectivity index (χ1v) is 12.7. The van der Waals surface area contributed by atoms with Gasteiger partial charge in [0.25, 0.3) is 0 Å². The van der Waals surface area contributed by atoms with Crippen LogP contribution in [0.25, 0.3) is 10.4 Å². The number of nitrogens with zero attached hydrogens (tertiary/aromatic N) is 3. The fourth-order valence-electron chi connectivity index (χ4n) is 4.70. The number of likely N-dealkylation sites (tertiary alicyclic amines) is 1. The Balaban J connectivity index is 1.28. The van der Waals surface area contributed by atoms with Gasteiger partial charge in [-0.25, -0.2) is 4.39 Å². The first-order chi connectivity index (χ1) is 15.7. The fourth-order valence-corrected chi connectivity index (χ4v) is 5.75. The highest BCUT2D eigenvalue weighted by atomic mass is 32.1. The molecule has 0 saturated carbocycles. The van der Waals surface area contributed by atoms with Gasteiger partial charge in [0, 0.05) is 61.0 Å². The number of rotatable bonds is 4. The van der Waals surface area contributed by atoms with E-state index < -0.39 is 5.41 Å². The van der Waals surface area contributed by atoms with Crippen molar-refractivity contribution < 1.29 is 14.0 Å². The molecule has 3 heterocycles. The monoisotopic (exact) mass is 471 g/mol. The van der Waals surface area contributed by atoms with Gasteiger partial charge in [0.05, 0.1) is 5.92 Å². The minimum atomic E-state index is -0.410. The third-order valence-electron chi connectivity index (χ3n) is 6.53. The number of thiophene rings is 1. The number of hydrogen-bond donors (Lipinski definition) is 0. The van der Waals surface area contributed by atoms with Crippen LogP contribution >= 0.6 is 11.3 Å². The molecule has 4 rings (SSSR count). The Bertz CT molecular complexity index is 991. The summed E-state index contributed by atoms with van der Waals surface area (Å²) in [6.45, 7) is 11.1. The predicted molar refractivity (Wildman–Crippen MR) is 130 cm³/mol. The molecule has 0 aliphatic carbocycles. The summed E-state index contributed by atoms with van der Waals surface area (Å²) in [5.41, 5.74) is 0.500. The number of amides is 2. The van der Waals surface area contributed by atoms with Crippen LogP contribution in [0.15, 0.2) is 36.4 Å².